The van der Waals surface area contributed by atoms with Crippen LogP contribution in [0.3, 0.4) is 0 Å². The third-order valence-electron chi connectivity index (χ3n) is 2.69. The van der Waals surface area contributed by atoms with Crippen molar-refractivity contribution in [1.29, 1.82) is 0 Å². The highest BCUT2D eigenvalue weighted by molar-refractivity contribution is 9.10. The van der Waals surface area contributed by atoms with Gasteiger partial charge in [-0.25, -0.2) is 13.1 Å². The number of sulfonamides is 1. The van der Waals surface area contributed by atoms with Crippen molar-refractivity contribution in [1.82, 2.24) is 4.72 Å². The van der Waals surface area contributed by atoms with Crippen LogP contribution in [0, 0.1) is 0 Å². The van der Waals surface area contributed by atoms with Crippen LogP contribution in [-0.2, 0) is 20.8 Å². The van der Waals surface area contributed by atoms with Crippen LogP contribution in [0.25, 0.3) is 0 Å². The second-order valence-electron chi connectivity index (χ2n) is 4.18. The Hall–Kier alpha value is -0.440. The molecule has 108 valence electrons. The minimum absolute atomic E-state index is 0.0438. The summed E-state index contributed by atoms with van der Waals surface area (Å²) in [5, 5.41) is -0.0438. The highest BCUT2D eigenvalue weighted by atomic mass is 79.9. The van der Waals surface area contributed by atoms with Crippen molar-refractivity contribution in [3.05, 3.63) is 22.7 Å². The third-order valence-corrected chi connectivity index (χ3v) is 6.24. The third kappa shape index (κ3) is 4.87. The predicted molar refractivity (Wildman–Crippen MR) is 81.9 cm³/mol. The van der Waals surface area contributed by atoms with E-state index in [4.69, 9.17) is 5.73 Å². The number of rotatable bonds is 6. The fourth-order valence-corrected chi connectivity index (χ4v) is 3.11. The number of benzene rings is 1. The fourth-order valence-electron chi connectivity index (χ4n) is 1.33. The van der Waals surface area contributed by atoms with Gasteiger partial charge in [0.15, 0.2) is 0 Å². The van der Waals surface area contributed by atoms with E-state index in [2.05, 4.69) is 20.7 Å². The van der Waals surface area contributed by atoms with Crippen LogP contribution in [0.1, 0.15) is 13.3 Å². The molecule has 5 nitrogen and oxygen atoms in total. The molecule has 0 aromatic heterocycles. The Morgan fingerprint density at radius 3 is 2.63 bits per heavy atom. The molecule has 0 saturated carbocycles. The van der Waals surface area contributed by atoms with Gasteiger partial charge >= 0.3 is 0 Å². The highest BCUT2D eigenvalue weighted by Crippen LogP contribution is 2.22. The molecular formula is C11H17BrN2O3S2. The average Bonchev–Trinajstić information content (AvgIpc) is 2.32. The number of hydrogen-bond acceptors (Lipinski definition) is 4. The van der Waals surface area contributed by atoms with Gasteiger partial charge < -0.3 is 5.73 Å². The molecule has 8 heteroatoms. The van der Waals surface area contributed by atoms with Gasteiger partial charge in [-0.3, -0.25) is 4.21 Å². The lowest BCUT2D eigenvalue weighted by Crippen LogP contribution is -2.27. The molecule has 0 aliphatic rings. The molecule has 0 spiro atoms. The average molecular weight is 369 g/mol. The summed E-state index contributed by atoms with van der Waals surface area (Å²) in [6.07, 6.45) is 2.13. The first kappa shape index (κ1) is 16.6. The summed E-state index contributed by atoms with van der Waals surface area (Å²) in [5.41, 5.74) is 6.02. The van der Waals surface area contributed by atoms with Gasteiger partial charge in [0, 0.05) is 39.0 Å². The second-order valence-corrected chi connectivity index (χ2v) is 8.60. The summed E-state index contributed by atoms with van der Waals surface area (Å²) >= 11 is 3.21. The molecule has 0 bridgehead atoms. The Balaban J connectivity index is 2.71. The molecule has 1 rings (SSSR count). The van der Waals surface area contributed by atoms with E-state index in [1.54, 1.807) is 12.3 Å². The molecule has 0 radical (unpaired) electrons. The van der Waals surface area contributed by atoms with Crippen LogP contribution in [0.5, 0.6) is 0 Å². The molecule has 0 saturated heterocycles. The Kier molecular flexibility index (Phi) is 5.97. The van der Waals surface area contributed by atoms with E-state index in [0.29, 0.717) is 16.6 Å². The number of nitrogens with two attached hydrogens (primary N) is 1. The van der Waals surface area contributed by atoms with Crippen LogP contribution in [0.15, 0.2) is 27.6 Å². The molecule has 2 atom stereocenters. The van der Waals surface area contributed by atoms with Gasteiger partial charge in [-0.15, -0.1) is 0 Å². The topological polar surface area (TPSA) is 89.3 Å². The normalized spacial score (nSPS) is 15.1. The molecular weight excluding hydrogens is 352 g/mol. The maximum Gasteiger partial charge on any atom is 0.240 e. The Labute approximate surface area is 124 Å². The first-order valence-electron chi connectivity index (χ1n) is 5.61. The van der Waals surface area contributed by atoms with E-state index < -0.39 is 20.8 Å². The highest BCUT2D eigenvalue weighted by Gasteiger charge is 2.15. The SMILES string of the molecule is CC(CCNS(=O)(=O)c1ccc(Br)c(N)c1)S(C)=O. The van der Waals surface area contributed by atoms with E-state index >= 15 is 0 Å². The molecule has 3 N–H and O–H groups in total. The quantitative estimate of drug-likeness (QED) is 0.743. The minimum Gasteiger partial charge on any atom is -0.398 e. The monoisotopic (exact) mass is 368 g/mol. The first-order valence-corrected chi connectivity index (χ1v) is 9.50. The van der Waals surface area contributed by atoms with Crippen molar-refractivity contribution in [3.8, 4) is 0 Å². The molecule has 0 heterocycles. The van der Waals surface area contributed by atoms with E-state index in [1.807, 2.05) is 6.92 Å². The van der Waals surface area contributed by atoms with Gasteiger partial charge in [-0.2, -0.15) is 0 Å². The summed E-state index contributed by atoms with van der Waals surface area (Å²) < 4.78 is 38.3. The largest absolute Gasteiger partial charge is 0.398 e. The molecule has 0 amide bonds. The van der Waals surface area contributed by atoms with Crippen LogP contribution >= 0.6 is 15.9 Å². The second kappa shape index (κ2) is 6.83. The van der Waals surface area contributed by atoms with E-state index in [0.717, 1.165) is 0 Å². The number of halogens is 1. The number of anilines is 1. The van der Waals surface area contributed by atoms with Gasteiger partial charge in [0.25, 0.3) is 0 Å². The molecule has 19 heavy (non-hydrogen) atoms. The molecule has 0 fully saturated rings. The summed E-state index contributed by atoms with van der Waals surface area (Å²) in [7, 11) is -4.52. The molecule has 0 aliphatic heterocycles. The molecule has 1 aromatic carbocycles. The van der Waals surface area contributed by atoms with Crippen molar-refractivity contribution >= 4 is 42.4 Å². The van der Waals surface area contributed by atoms with Crippen molar-refractivity contribution in [3.63, 3.8) is 0 Å². The zero-order valence-corrected chi connectivity index (χ0v) is 13.9. The fraction of sp³-hybridized carbons (Fsp3) is 0.455. The summed E-state index contributed by atoms with van der Waals surface area (Å²) in [6, 6.07) is 4.46. The lowest BCUT2D eigenvalue weighted by molar-refractivity contribution is 0.578. The van der Waals surface area contributed by atoms with Crippen molar-refractivity contribution in [2.24, 2.45) is 0 Å². The van der Waals surface area contributed by atoms with Crippen molar-refractivity contribution in [2.75, 3.05) is 18.5 Å². The standard InChI is InChI=1S/C11H17BrN2O3S2/c1-8(18(2)15)5-6-14-19(16,17)9-3-4-10(12)11(13)7-9/h3-4,7-8,14H,5-6,13H2,1-2H3. The van der Waals surface area contributed by atoms with Gasteiger partial charge in [-0.05, 0) is 40.5 Å². The van der Waals surface area contributed by atoms with E-state index in [1.165, 1.54) is 12.1 Å². The van der Waals surface area contributed by atoms with Crippen LogP contribution in [-0.4, -0.2) is 30.7 Å². The van der Waals surface area contributed by atoms with E-state index in [-0.39, 0.29) is 16.7 Å². The van der Waals surface area contributed by atoms with E-state index in [9.17, 15) is 12.6 Å². The van der Waals surface area contributed by atoms with Crippen molar-refractivity contribution in [2.45, 2.75) is 23.5 Å². The number of nitrogen functional groups attached to an aromatic ring is 1. The summed E-state index contributed by atoms with van der Waals surface area (Å²) in [6.45, 7) is 2.07. The first-order chi connectivity index (χ1) is 8.74. The van der Waals surface area contributed by atoms with Crippen LogP contribution in [0.4, 0.5) is 5.69 Å². The smallest absolute Gasteiger partial charge is 0.240 e. The van der Waals surface area contributed by atoms with Gasteiger partial charge in [-0.1, -0.05) is 6.92 Å². The predicted octanol–water partition coefficient (Wildman–Crippen LogP) is 1.47. The Morgan fingerprint density at radius 1 is 1.47 bits per heavy atom. The zero-order valence-electron chi connectivity index (χ0n) is 10.7. The van der Waals surface area contributed by atoms with Gasteiger partial charge in [0.2, 0.25) is 10.0 Å². The maximum atomic E-state index is 12.0. The van der Waals surface area contributed by atoms with Crippen LogP contribution < -0.4 is 10.5 Å². The van der Waals surface area contributed by atoms with Gasteiger partial charge in [0.1, 0.15) is 0 Å². The minimum atomic E-state index is -3.57. The Bertz CT molecular complexity index is 575. The van der Waals surface area contributed by atoms with Gasteiger partial charge in [0.05, 0.1) is 4.90 Å². The number of nitrogens with one attached hydrogen (secondary N) is 1. The lowest BCUT2D eigenvalue weighted by atomic mass is 10.3. The Morgan fingerprint density at radius 2 is 2.11 bits per heavy atom. The molecule has 2 unspecified atom stereocenters. The van der Waals surface area contributed by atoms with Crippen molar-refractivity contribution < 1.29 is 12.6 Å². The summed E-state index contributed by atoms with van der Waals surface area (Å²) in [5.74, 6) is 0. The molecule has 0 aliphatic carbocycles. The number of hydrogen-bond donors (Lipinski definition) is 2. The maximum absolute atomic E-state index is 12.0. The zero-order chi connectivity index (χ0) is 14.6. The van der Waals surface area contributed by atoms with Crippen LogP contribution in [0.2, 0.25) is 0 Å². The lowest BCUT2D eigenvalue weighted by Gasteiger charge is -2.10. The summed E-state index contributed by atoms with van der Waals surface area (Å²) in [4.78, 5) is 0.124. The molecule has 1 aromatic rings.